The summed E-state index contributed by atoms with van der Waals surface area (Å²) in [5.74, 6) is 1.44. The van der Waals surface area contributed by atoms with Gasteiger partial charge in [-0.1, -0.05) is 18.0 Å². The van der Waals surface area contributed by atoms with E-state index in [0.717, 1.165) is 34.9 Å². The number of nitrogens with zero attached hydrogens (tertiary/aromatic N) is 3. The molecule has 0 aliphatic heterocycles. The lowest BCUT2D eigenvalue weighted by Crippen LogP contribution is -2.50. The number of thioether (sulfide) groups is 1. The number of pyridine rings is 1. The third-order valence-electron chi connectivity index (χ3n) is 5.61. The van der Waals surface area contributed by atoms with Crippen molar-refractivity contribution in [3.8, 4) is 0 Å². The van der Waals surface area contributed by atoms with Crippen LogP contribution in [0.2, 0.25) is 0 Å². The fourth-order valence-corrected chi connectivity index (χ4v) is 4.83. The molecule has 1 fully saturated rings. The molecule has 7 heteroatoms. The van der Waals surface area contributed by atoms with Crippen LogP contribution in [0.3, 0.4) is 0 Å². The van der Waals surface area contributed by atoms with Gasteiger partial charge in [-0.15, -0.1) is 11.8 Å². The van der Waals surface area contributed by atoms with Gasteiger partial charge in [-0.25, -0.2) is 4.98 Å². The van der Waals surface area contributed by atoms with Crippen molar-refractivity contribution in [2.75, 3.05) is 20.6 Å². The van der Waals surface area contributed by atoms with Gasteiger partial charge in [0.25, 0.3) is 5.91 Å². The molecule has 0 unspecified atom stereocenters. The van der Waals surface area contributed by atoms with Crippen molar-refractivity contribution < 1.29 is 9.32 Å². The molecular weight excluding hydrogens is 360 g/mol. The average Bonchev–Trinajstić information content (AvgIpc) is 3.26. The molecular formula is C20H28N4O2S. The summed E-state index contributed by atoms with van der Waals surface area (Å²) in [6.45, 7) is 4.51. The topological polar surface area (TPSA) is 71.3 Å². The van der Waals surface area contributed by atoms with Gasteiger partial charge in [0, 0.05) is 29.6 Å². The van der Waals surface area contributed by atoms with Crippen LogP contribution >= 0.6 is 11.8 Å². The fourth-order valence-electron chi connectivity index (χ4n) is 3.68. The zero-order valence-corrected chi connectivity index (χ0v) is 17.4. The van der Waals surface area contributed by atoms with Crippen molar-refractivity contribution in [3.05, 3.63) is 40.9 Å². The van der Waals surface area contributed by atoms with Gasteiger partial charge in [0.15, 0.2) is 0 Å². The minimum atomic E-state index is -0.0579. The number of carbonyl (C=O) groups is 1. The van der Waals surface area contributed by atoms with Crippen LogP contribution < -0.4 is 5.32 Å². The van der Waals surface area contributed by atoms with Gasteiger partial charge in [0.05, 0.1) is 11.3 Å². The summed E-state index contributed by atoms with van der Waals surface area (Å²) >= 11 is 1.54. The summed E-state index contributed by atoms with van der Waals surface area (Å²) in [7, 11) is 4.21. The molecule has 146 valence electrons. The number of aryl methyl sites for hydroxylation is 2. The lowest BCUT2D eigenvalue weighted by molar-refractivity contribution is 0.0896. The summed E-state index contributed by atoms with van der Waals surface area (Å²) < 4.78 is 5.22. The van der Waals surface area contributed by atoms with Gasteiger partial charge in [0.2, 0.25) is 0 Å². The van der Waals surface area contributed by atoms with Crippen LogP contribution in [-0.2, 0) is 5.75 Å². The number of carbonyl (C=O) groups excluding carboxylic acids is 1. The summed E-state index contributed by atoms with van der Waals surface area (Å²) in [6, 6.07) is 3.65. The van der Waals surface area contributed by atoms with Crippen LogP contribution in [-0.4, -0.2) is 47.1 Å². The molecule has 0 bridgehead atoms. The fraction of sp³-hybridized carbons (Fsp3) is 0.550. The van der Waals surface area contributed by atoms with Crippen molar-refractivity contribution in [2.24, 2.45) is 0 Å². The normalized spacial score (nSPS) is 16.0. The van der Waals surface area contributed by atoms with Crippen molar-refractivity contribution in [3.63, 3.8) is 0 Å². The van der Waals surface area contributed by atoms with Crippen LogP contribution in [0.4, 0.5) is 0 Å². The Bertz CT molecular complexity index is 778. The highest BCUT2D eigenvalue weighted by Crippen LogP contribution is 2.33. The van der Waals surface area contributed by atoms with E-state index < -0.39 is 0 Å². The monoisotopic (exact) mass is 388 g/mol. The van der Waals surface area contributed by atoms with Crippen LogP contribution in [0.1, 0.15) is 53.1 Å². The predicted molar refractivity (Wildman–Crippen MR) is 107 cm³/mol. The number of aromatic nitrogens is 2. The molecule has 0 radical (unpaired) electrons. The van der Waals surface area contributed by atoms with Crippen LogP contribution in [0.15, 0.2) is 27.9 Å². The summed E-state index contributed by atoms with van der Waals surface area (Å²) in [5.41, 5.74) is 2.65. The van der Waals surface area contributed by atoms with Crippen LogP contribution in [0.5, 0.6) is 0 Å². The van der Waals surface area contributed by atoms with Gasteiger partial charge >= 0.3 is 0 Å². The first-order chi connectivity index (χ1) is 12.9. The smallest absolute Gasteiger partial charge is 0.254 e. The summed E-state index contributed by atoms with van der Waals surface area (Å²) in [4.78, 5) is 19.6. The molecule has 2 aromatic rings. The number of hydrogen-bond acceptors (Lipinski definition) is 6. The molecule has 1 aliphatic carbocycles. The van der Waals surface area contributed by atoms with Crippen LogP contribution in [0.25, 0.3) is 0 Å². The van der Waals surface area contributed by atoms with Gasteiger partial charge in [-0.05, 0) is 52.9 Å². The van der Waals surface area contributed by atoms with Crippen molar-refractivity contribution in [1.29, 1.82) is 0 Å². The van der Waals surface area contributed by atoms with E-state index in [9.17, 15) is 4.79 Å². The average molecular weight is 389 g/mol. The maximum atomic E-state index is 12.9. The van der Waals surface area contributed by atoms with E-state index in [1.165, 1.54) is 12.8 Å². The quantitative estimate of drug-likeness (QED) is 0.731. The molecule has 1 amide bonds. The van der Waals surface area contributed by atoms with Crippen molar-refractivity contribution in [1.82, 2.24) is 20.4 Å². The SMILES string of the molecule is Cc1noc(C)c1CSc1ncccc1C(=O)NCC1(N(C)C)CCCC1. The van der Waals surface area contributed by atoms with Gasteiger partial charge in [0.1, 0.15) is 10.8 Å². The van der Waals surface area contributed by atoms with E-state index in [2.05, 4.69) is 34.5 Å². The van der Waals surface area contributed by atoms with Gasteiger partial charge in [-0.3, -0.25) is 4.79 Å². The number of amides is 1. The Balaban J connectivity index is 1.68. The maximum absolute atomic E-state index is 12.9. The third-order valence-corrected chi connectivity index (χ3v) is 6.64. The first-order valence-electron chi connectivity index (χ1n) is 9.38. The first-order valence-corrected chi connectivity index (χ1v) is 10.4. The molecule has 0 saturated heterocycles. The second-order valence-electron chi connectivity index (χ2n) is 7.46. The minimum absolute atomic E-state index is 0.0579. The molecule has 3 rings (SSSR count). The van der Waals surface area contributed by atoms with E-state index in [-0.39, 0.29) is 11.4 Å². The molecule has 0 aromatic carbocycles. The molecule has 1 N–H and O–H groups in total. The standard InChI is InChI=1S/C20H28N4O2S/c1-14-17(15(2)26-23-14)12-27-19-16(8-7-11-21-19)18(25)22-13-20(24(3)4)9-5-6-10-20/h7-8,11H,5-6,9-10,12-13H2,1-4H3,(H,22,25). The molecule has 6 nitrogen and oxygen atoms in total. The van der Waals surface area contributed by atoms with Crippen molar-refractivity contribution in [2.45, 2.75) is 55.8 Å². The summed E-state index contributed by atoms with van der Waals surface area (Å²) in [6.07, 6.45) is 6.42. The van der Waals surface area contributed by atoms with Crippen molar-refractivity contribution >= 4 is 17.7 Å². The van der Waals surface area contributed by atoms with E-state index in [1.807, 2.05) is 26.0 Å². The molecule has 1 aliphatic rings. The number of likely N-dealkylation sites (N-methyl/N-ethyl adjacent to an activating group) is 1. The lowest BCUT2D eigenvalue weighted by atomic mass is 9.96. The largest absolute Gasteiger partial charge is 0.361 e. The Labute approximate surface area is 165 Å². The van der Waals surface area contributed by atoms with E-state index >= 15 is 0 Å². The van der Waals surface area contributed by atoms with E-state index in [1.54, 1.807) is 18.0 Å². The highest BCUT2D eigenvalue weighted by atomic mass is 32.2. The first kappa shape index (κ1) is 19.9. The van der Waals surface area contributed by atoms with E-state index in [4.69, 9.17) is 4.52 Å². The number of hydrogen-bond donors (Lipinski definition) is 1. The third kappa shape index (κ3) is 4.35. The maximum Gasteiger partial charge on any atom is 0.254 e. The summed E-state index contributed by atoms with van der Waals surface area (Å²) in [5, 5.41) is 7.88. The number of nitrogens with one attached hydrogen (secondary N) is 1. The Kier molecular flexibility index (Phi) is 6.22. The Morgan fingerprint density at radius 1 is 1.33 bits per heavy atom. The second kappa shape index (κ2) is 8.44. The highest BCUT2D eigenvalue weighted by molar-refractivity contribution is 7.98. The van der Waals surface area contributed by atoms with Gasteiger partial charge in [-0.2, -0.15) is 0 Å². The Morgan fingerprint density at radius 3 is 2.70 bits per heavy atom. The Morgan fingerprint density at radius 2 is 2.07 bits per heavy atom. The highest BCUT2D eigenvalue weighted by Gasteiger charge is 2.36. The lowest BCUT2D eigenvalue weighted by Gasteiger charge is -2.36. The molecule has 0 spiro atoms. The molecule has 2 aromatic heterocycles. The molecule has 2 heterocycles. The molecule has 1 saturated carbocycles. The van der Waals surface area contributed by atoms with Gasteiger partial charge < -0.3 is 14.7 Å². The zero-order valence-electron chi connectivity index (χ0n) is 16.5. The predicted octanol–water partition coefficient (Wildman–Crippen LogP) is 3.58. The molecule has 27 heavy (non-hydrogen) atoms. The molecule has 0 atom stereocenters. The second-order valence-corrected chi connectivity index (χ2v) is 8.42. The number of rotatable bonds is 7. The van der Waals surface area contributed by atoms with E-state index in [0.29, 0.717) is 17.9 Å². The minimum Gasteiger partial charge on any atom is -0.361 e. The van der Waals surface area contributed by atoms with Crippen LogP contribution in [0, 0.1) is 13.8 Å². The zero-order chi connectivity index (χ0) is 19.4. The Hall–Kier alpha value is -1.86.